The van der Waals surface area contributed by atoms with Gasteiger partial charge < -0.3 is 9.88 Å². The number of fused-ring (bicyclic) bond motifs is 1. The van der Waals surface area contributed by atoms with Crippen LogP contribution in [0.2, 0.25) is 5.15 Å². The maximum Gasteiger partial charge on any atom is 0.259 e. The smallest absolute Gasteiger partial charge is 0.259 e. The zero-order valence-electron chi connectivity index (χ0n) is 13.5. The monoisotopic (exact) mass is 345 g/mol. The molecule has 0 saturated carbocycles. The molecule has 0 aliphatic rings. The third-order valence-electron chi connectivity index (χ3n) is 3.76. The van der Waals surface area contributed by atoms with Gasteiger partial charge in [-0.25, -0.2) is 4.98 Å². The molecule has 0 atom stereocenters. The molecule has 0 fully saturated rings. The average Bonchev–Trinajstić information content (AvgIpc) is 2.79. The number of hydrogen-bond donors (Lipinski definition) is 1. The minimum absolute atomic E-state index is 0.156. The largest absolute Gasteiger partial charge is 0.334 e. The van der Waals surface area contributed by atoms with E-state index >= 15 is 0 Å². The number of hydrogen-bond acceptors (Lipinski definition) is 4. The first-order valence-corrected chi connectivity index (χ1v) is 7.68. The van der Waals surface area contributed by atoms with Gasteiger partial charge in [0.25, 0.3) is 11.5 Å². The van der Waals surface area contributed by atoms with Gasteiger partial charge in [-0.3, -0.25) is 14.3 Å². The minimum Gasteiger partial charge on any atom is -0.334 e. The Labute approximate surface area is 142 Å². The van der Waals surface area contributed by atoms with Gasteiger partial charge in [-0.05, 0) is 19.1 Å². The number of H-pyrrole nitrogens is 1. The van der Waals surface area contributed by atoms with Crippen molar-refractivity contribution in [2.45, 2.75) is 13.5 Å². The Hall–Kier alpha value is -2.67. The predicted octanol–water partition coefficient (Wildman–Crippen LogP) is 1.89. The van der Waals surface area contributed by atoms with Gasteiger partial charge in [0.2, 0.25) is 0 Å². The van der Waals surface area contributed by atoms with Crippen LogP contribution in [0.3, 0.4) is 0 Å². The number of nitrogens with one attached hydrogen (secondary N) is 1. The van der Waals surface area contributed by atoms with Crippen LogP contribution in [-0.4, -0.2) is 37.6 Å². The summed E-state index contributed by atoms with van der Waals surface area (Å²) in [6.45, 7) is 1.88. The molecule has 3 aromatic rings. The van der Waals surface area contributed by atoms with Crippen LogP contribution in [0, 0.1) is 6.92 Å². The van der Waals surface area contributed by atoms with Crippen LogP contribution in [0.15, 0.2) is 29.1 Å². The molecule has 0 aliphatic carbocycles. The molecule has 3 rings (SSSR count). The molecule has 2 heterocycles. The Bertz CT molecular complexity index is 992. The van der Waals surface area contributed by atoms with Crippen LogP contribution in [0.4, 0.5) is 0 Å². The lowest BCUT2D eigenvalue weighted by molar-refractivity contribution is 0.0781. The van der Waals surface area contributed by atoms with Crippen LogP contribution in [0.1, 0.15) is 21.9 Å². The lowest BCUT2D eigenvalue weighted by Crippen LogP contribution is -2.28. The fraction of sp³-hybridized carbons (Fsp3) is 0.250. The zero-order chi connectivity index (χ0) is 17.4. The number of halogens is 1. The summed E-state index contributed by atoms with van der Waals surface area (Å²) in [5.74, 6) is 0.133. The summed E-state index contributed by atoms with van der Waals surface area (Å²) in [7, 11) is 3.30. The Morgan fingerprint density at radius 1 is 1.38 bits per heavy atom. The quantitative estimate of drug-likeness (QED) is 0.785. The normalized spacial score (nSPS) is 11.0. The van der Waals surface area contributed by atoms with Crippen molar-refractivity contribution in [3.8, 4) is 0 Å². The third kappa shape index (κ3) is 2.78. The molecule has 0 spiro atoms. The second-order valence-electron chi connectivity index (χ2n) is 5.57. The third-order valence-corrected chi connectivity index (χ3v) is 4.20. The molecule has 1 aromatic carbocycles. The molecular weight excluding hydrogens is 330 g/mol. The van der Waals surface area contributed by atoms with Crippen molar-refractivity contribution in [2.24, 2.45) is 7.05 Å². The van der Waals surface area contributed by atoms with Crippen LogP contribution in [0.25, 0.3) is 10.9 Å². The lowest BCUT2D eigenvalue weighted by Gasteiger charge is -2.16. The number of rotatable bonds is 3. The standard InChI is InChI=1S/C16H16ClN5O2/c1-9-13(14(17)22(3)20-9)16(24)21(2)8-12-18-11-7-5-4-6-10(11)15(23)19-12/h4-7H,8H2,1-3H3,(H,18,19,23). The topological polar surface area (TPSA) is 83.9 Å². The van der Waals surface area contributed by atoms with E-state index in [2.05, 4.69) is 15.1 Å². The Kier molecular flexibility index (Phi) is 4.11. The number of benzene rings is 1. The number of para-hydroxylation sites is 1. The van der Waals surface area contributed by atoms with Crippen molar-refractivity contribution < 1.29 is 4.79 Å². The number of carbonyl (C=O) groups excluding carboxylic acids is 1. The molecule has 7 nitrogen and oxygen atoms in total. The number of nitrogens with zero attached hydrogens (tertiary/aromatic N) is 4. The average molecular weight is 346 g/mol. The molecule has 0 bridgehead atoms. The van der Waals surface area contributed by atoms with Crippen molar-refractivity contribution in [2.75, 3.05) is 7.05 Å². The van der Waals surface area contributed by atoms with E-state index in [1.807, 2.05) is 6.07 Å². The summed E-state index contributed by atoms with van der Waals surface area (Å²) in [5.41, 5.74) is 1.27. The van der Waals surface area contributed by atoms with Crippen molar-refractivity contribution in [1.82, 2.24) is 24.6 Å². The van der Waals surface area contributed by atoms with E-state index in [1.54, 1.807) is 39.2 Å². The summed E-state index contributed by atoms with van der Waals surface area (Å²) in [5, 5.41) is 4.94. The first-order chi connectivity index (χ1) is 11.4. The molecule has 1 N–H and O–H groups in total. The van der Waals surface area contributed by atoms with Crippen LogP contribution in [-0.2, 0) is 13.6 Å². The SMILES string of the molecule is Cc1nn(C)c(Cl)c1C(=O)N(C)Cc1nc2ccccc2c(=O)[nH]1. The van der Waals surface area contributed by atoms with Gasteiger partial charge in [0, 0.05) is 14.1 Å². The Balaban J connectivity index is 1.91. The van der Waals surface area contributed by atoms with E-state index in [4.69, 9.17) is 11.6 Å². The number of aromatic nitrogens is 4. The van der Waals surface area contributed by atoms with E-state index in [1.165, 1.54) is 9.58 Å². The molecule has 0 saturated heterocycles. The summed E-state index contributed by atoms with van der Waals surface area (Å²) >= 11 is 6.14. The number of carbonyl (C=O) groups is 1. The summed E-state index contributed by atoms with van der Waals surface area (Å²) in [6, 6.07) is 7.06. The molecule has 0 aliphatic heterocycles. The van der Waals surface area contributed by atoms with Crippen LogP contribution in [0.5, 0.6) is 0 Å². The molecule has 2 aromatic heterocycles. The minimum atomic E-state index is -0.276. The molecular formula is C16H16ClN5O2. The molecule has 0 unspecified atom stereocenters. The summed E-state index contributed by atoms with van der Waals surface area (Å²) in [6.07, 6.45) is 0. The van der Waals surface area contributed by atoms with Crippen molar-refractivity contribution in [3.63, 3.8) is 0 Å². The van der Waals surface area contributed by atoms with Gasteiger partial charge in [-0.2, -0.15) is 5.10 Å². The lowest BCUT2D eigenvalue weighted by atomic mass is 10.2. The number of amides is 1. The van der Waals surface area contributed by atoms with E-state index in [0.717, 1.165) is 0 Å². The number of aryl methyl sites for hydroxylation is 2. The molecule has 124 valence electrons. The van der Waals surface area contributed by atoms with Crippen LogP contribution >= 0.6 is 11.6 Å². The molecule has 8 heteroatoms. The van der Waals surface area contributed by atoms with Gasteiger partial charge >= 0.3 is 0 Å². The highest BCUT2D eigenvalue weighted by atomic mass is 35.5. The zero-order valence-corrected chi connectivity index (χ0v) is 14.3. The second kappa shape index (κ2) is 6.09. The molecule has 1 amide bonds. The maximum absolute atomic E-state index is 12.6. The Morgan fingerprint density at radius 2 is 2.08 bits per heavy atom. The highest BCUT2D eigenvalue weighted by Crippen LogP contribution is 2.20. The van der Waals surface area contributed by atoms with Gasteiger partial charge in [-0.1, -0.05) is 23.7 Å². The van der Waals surface area contributed by atoms with Gasteiger partial charge in [0.1, 0.15) is 11.0 Å². The predicted molar refractivity (Wildman–Crippen MR) is 91.1 cm³/mol. The van der Waals surface area contributed by atoms with E-state index in [0.29, 0.717) is 28.0 Å². The highest BCUT2D eigenvalue weighted by molar-refractivity contribution is 6.33. The summed E-state index contributed by atoms with van der Waals surface area (Å²) < 4.78 is 1.45. The van der Waals surface area contributed by atoms with Crippen molar-refractivity contribution >= 4 is 28.4 Å². The fourth-order valence-corrected chi connectivity index (χ4v) is 2.83. The first-order valence-electron chi connectivity index (χ1n) is 7.31. The van der Waals surface area contributed by atoms with E-state index < -0.39 is 0 Å². The number of aromatic amines is 1. The summed E-state index contributed by atoms with van der Waals surface area (Å²) in [4.78, 5) is 33.3. The highest BCUT2D eigenvalue weighted by Gasteiger charge is 2.22. The van der Waals surface area contributed by atoms with E-state index in [9.17, 15) is 9.59 Å². The fourth-order valence-electron chi connectivity index (χ4n) is 2.57. The van der Waals surface area contributed by atoms with E-state index in [-0.39, 0.29) is 23.2 Å². The van der Waals surface area contributed by atoms with Crippen molar-refractivity contribution in [3.05, 3.63) is 56.9 Å². The molecule has 0 radical (unpaired) electrons. The van der Waals surface area contributed by atoms with Gasteiger partial charge in [-0.15, -0.1) is 0 Å². The maximum atomic E-state index is 12.6. The molecule has 24 heavy (non-hydrogen) atoms. The first kappa shape index (κ1) is 16.2. The van der Waals surface area contributed by atoms with Gasteiger partial charge in [0.05, 0.1) is 28.7 Å². The van der Waals surface area contributed by atoms with Crippen molar-refractivity contribution in [1.29, 1.82) is 0 Å². The second-order valence-corrected chi connectivity index (χ2v) is 5.92. The van der Waals surface area contributed by atoms with Crippen LogP contribution < -0.4 is 5.56 Å². The van der Waals surface area contributed by atoms with Gasteiger partial charge in [0.15, 0.2) is 0 Å². The Morgan fingerprint density at radius 3 is 2.75 bits per heavy atom.